The summed E-state index contributed by atoms with van der Waals surface area (Å²) in [5, 5.41) is 13.2. The molecule has 1 aliphatic carbocycles. The highest BCUT2D eigenvalue weighted by molar-refractivity contribution is 9.10. The van der Waals surface area contributed by atoms with Gasteiger partial charge in [-0.15, -0.1) is 0 Å². The molecule has 3 nitrogen and oxygen atoms in total. The molecule has 1 saturated carbocycles. The van der Waals surface area contributed by atoms with Gasteiger partial charge < -0.3 is 15.2 Å². The number of ether oxygens (including phenoxy) is 1. The average Bonchev–Trinajstić information content (AvgIpc) is 3.16. The van der Waals surface area contributed by atoms with Crippen LogP contribution in [0.5, 0.6) is 0 Å². The largest absolute Gasteiger partial charge is 0.389 e. The third-order valence-electron chi connectivity index (χ3n) is 3.25. The molecule has 0 saturated heterocycles. The van der Waals surface area contributed by atoms with E-state index >= 15 is 0 Å². The summed E-state index contributed by atoms with van der Waals surface area (Å²) >= 11 is 3.45. The zero-order chi connectivity index (χ0) is 13.0. The SMILES string of the molecule is COCC(O)CNC(c1ccc(Br)cc1)C1CC1. The maximum Gasteiger partial charge on any atom is 0.0897 e. The highest BCUT2D eigenvalue weighted by Crippen LogP contribution is 2.41. The number of halogens is 1. The third-order valence-corrected chi connectivity index (χ3v) is 3.78. The van der Waals surface area contributed by atoms with Crippen LogP contribution in [0.15, 0.2) is 28.7 Å². The van der Waals surface area contributed by atoms with Gasteiger partial charge in [-0.25, -0.2) is 0 Å². The molecule has 4 heteroatoms. The first-order valence-corrected chi connectivity index (χ1v) is 7.16. The molecule has 0 radical (unpaired) electrons. The van der Waals surface area contributed by atoms with Crippen molar-refractivity contribution in [2.75, 3.05) is 20.3 Å². The van der Waals surface area contributed by atoms with E-state index in [2.05, 4.69) is 45.5 Å². The fourth-order valence-electron chi connectivity index (χ4n) is 2.17. The summed E-state index contributed by atoms with van der Waals surface area (Å²) in [5.74, 6) is 0.709. The van der Waals surface area contributed by atoms with E-state index in [1.54, 1.807) is 7.11 Å². The molecule has 1 aliphatic rings. The van der Waals surface area contributed by atoms with Gasteiger partial charge in [0.1, 0.15) is 0 Å². The minimum absolute atomic E-state index is 0.351. The van der Waals surface area contributed by atoms with Crippen LogP contribution in [0.25, 0.3) is 0 Å². The standard InChI is InChI=1S/C14H20BrNO2/c1-18-9-13(17)8-16-14(10-2-3-10)11-4-6-12(15)7-5-11/h4-7,10,13-14,16-17H,2-3,8-9H2,1H3. The van der Waals surface area contributed by atoms with Gasteiger partial charge >= 0.3 is 0 Å². The second kappa shape index (κ2) is 6.66. The minimum atomic E-state index is -0.438. The van der Waals surface area contributed by atoms with Crippen molar-refractivity contribution in [2.45, 2.75) is 25.0 Å². The van der Waals surface area contributed by atoms with Crippen LogP contribution in [0.4, 0.5) is 0 Å². The molecule has 0 heterocycles. The number of aliphatic hydroxyl groups excluding tert-OH is 1. The topological polar surface area (TPSA) is 41.5 Å². The van der Waals surface area contributed by atoms with E-state index < -0.39 is 6.10 Å². The minimum Gasteiger partial charge on any atom is -0.389 e. The van der Waals surface area contributed by atoms with E-state index in [0.717, 1.165) is 4.47 Å². The predicted octanol–water partition coefficient (Wildman–Crippen LogP) is 2.50. The molecular formula is C14H20BrNO2. The van der Waals surface area contributed by atoms with E-state index in [9.17, 15) is 5.11 Å². The highest BCUT2D eigenvalue weighted by atomic mass is 79.9. The Kier molecular flexibility index (Phi) is 5.18. The smallest absolute Gasteiger partial charge is 0.0897 e. The summed E-state index contributed by atoms with van der Waals surface area (Å²) in [4.78, 5) is 0. The van der Waals surface area contributed by atoms with Crippen LogP contribution >= 0.6 is 15.9 Å². The molecule has 100 valence electrons. The van der Waals surface area contributed by atoms with E-state index in [4.69, 9.17) is 4.74 Å². The van der Waals surface area contributed by atoms with Gasteiger partial charge in [0, 0.05) is 24.2 Å². The van der Waals surface area contributed by atoms with Gasteiger partial charge in [0.05, 0.1) is 12.7 Å². The number of hydrogen-bond acceptors (Lipinski definition) is 3. The van der Waals surface area contributed by atoms with E-state index in [1.165, 1.54) is 18.4 Å². The first-order chi connectivity index (χ1) is 8.70. The predicted molar refractivity (Wildman–Crippen MR) is 75.5 cm³/mol. The fourth-order valence-corrected chi connectivity index (χ4v) is 2.44. The number of methoxy groups -OCH3 is 1. The van der Waals surface area contributed by atoms with Crippen LogP contribution < -0.4 is 5.32 Å². The lowest BCUT2D eigenvalue weighted by Crippen LogP contribution is -2.33. The van der Waals surface area contributed by atoms with Gasteiger partial charge in [-0.05, 0) is 36.5 Å². The molecule has 2 unspecified atom stereocenters. The number of nitrogens with one attached hydrogen (secondary N) is 1. The molecule has 18 heavy (non-hydrogen) atoms. The first-order valence-electron chi connectivity index (χ1n) is 6.36. The van der Waals surface area contributed by atoms with Crippen molar-refractivity contribution >= 4 is 15.9 Å². The molecule has 0 aliphatic heterocycles. The monoisotopic (exact) mass is 313 g/mol. The molecule has 2 atom stereocenters. The Balaban J connectivity index is 1.94. The summed E-state index contributed by atoms with van der Waals surface area (Å²) in [5.41, 5.74) is 1.30. The first kappa shape index (κ1) is 14.0. The summed E-state index contributed by atoms with van der Waals surface area (Å²) in [6.07, 6.45) is 2.11. The molecule has 0 aromatic heterocycles. The van der Waals surface area contributed by atoms with Crippen molar-refractivity contribution in [1.29, 1.82) is 0 Å². The summed E-state index contributed by atoms with van der Waals surface area (Å²) in [7, 11) is 1.61. The van der Waals surface area contributed by atoms with Gasteiger partial charge in [0.15, 0.2) is 0 Å². The molecule has 1 aromatic carbocycles. The summed E-state index contributed by atoms with van der Waals surface area (Å²) in [6, 6.07) is 8.77. The number of rotatable bonds is 7. The van der Waals surface area contributed by atoms with Crippen molar-refractivity contribution in [3.63, 3.8) is 0 Å². The molecule has 0 bridgehead atoms. The van der Waals surface area contributed by atoms with Crippen LogP contribution in [0.1, 0.15) is 24.4 Å². The zero-order valence-electron chi connectivity index (χ0n) is 10.6. The summed E-state index contributed by atoms with van der Waals surface area (Å²) < 4.78 is 6.03. The molecule has 1 aromatic rings. The van der Waals surface area contributed by atoms with E-state index in [0.29, 0.717) is 25.1 Å². The van der Waals surface area contributed by atoms with Crippen molar-refractivity contribution < 1.29 is 9.84 Å². The van der Waals surface area contributed by atoms with Crippen molar-refractivity contribution in [2.24, 2.45) is 5.92 Å². The Morgan fingerprint density at radius 3 is 2.61 bits per heavy atom. The van der Waals surface area contributed by atoms with Crippen LogP contribution in [0.3, 0.4) is 0 Å². The quantitative estimate of drug-likeness (QED) is 0.812. The fraction of sp³-hybridized carbons (Fsp3) is 0.571. The Bertz CT molecular complexity index is 365. The number of aliphatic hydroxyl groups is 1. The second-order valence-corrected chi connectivity index (χ2v) is 5.80. The van der Waals surface area contributed by atoms with Crippen LogP contribution in [-0.2, 0) is 4.74 Å². The van der Waals surface area contributed by atoms with Gasteiger partial charge in [0.2, 0.25) is 0 Å². The maximum absolute atomic E-state index is 9.70. The molecular weight excluding hydrogens is 294 g/mol. The van der Waals surface area contributed by atoms with Crippen LogP contribution in [0, 0.1) is 5.92 Å². The van der Waals surface area contributed by atoms with Crippen LogP contribution in [0.2, 0.25) is 0 Å². The molecule has 0 spiro atoms. The van der Waals surface area contributed by atoms with Gasteiger partial charge in [-0.2, -0.15) is 0 Å². The Labute approximate surface area is 117 Å². The highest BCUT2D eigenvalue weighted by Gasteiger charge is 2.32. The van der Waals surface area contributed by atoms with E-state index in [-0.39, 0.29) is 0 Å². The molecule has 2 N–H and O–H groups in total. The lowest BCUT2D eigenvalue weighted by atomic mass is 10.0. The van der Waals surface area contributed by atoms with Gasteiger partial charge in [0.25, 0.3) is 0 Å². The normalized spacial score (nSPS) is 18.6. The maximum atomic E-state index is 9.70. The molecule has 2 rings (SSSR count). The van der Waals surface area contributed by atoms with Crippen molar-refractivity contribution in [3.8, 4) is 0 Å². The Morgan fingerprint density at radius 2 is 2.06 bits per heavy atom. The Morgan fingerprint density at radius 1 is 1.39 bits per heavy atom. The van der Waals surface area contributed by atoms with Gasteiger partial charge in [-0.1, -0.05) is 28.1 Å². The average molecular weight is 314 g/mol. The molecule has 1 fully saturated rings. The lowest BCUT2D eigenvalue weighted by molar-refractivity contribution is 0.0621. The van der Waals surface area contributed by atoms with E-state index in [1.807, 2.05) is 0 Å². The third kappa shape index (κ3) is 4.05. The van der Waals surface area contributed by atoms with Crippen LogP contribution in [-0.4, -0.2) is 31.5 Å². The Hall–Kier alpha value is -0.420. The lowest BCUT2D eigenvalue weighted by Gasteiger charge is -2.21. The number of hydrogen-bond donors (Lipinski definition) is 2. The summed E-state index contributed by atoms with van der Waals surface area (Å²) in [6.45, 7) is 0.954. The zero-order valence-corrected chi connectivity index (χ0v) is 12.2. The van der Waals surface area contributed by atoms with Gasteiger partial charge in [-0.3, -0.25) is 0 Å². The molecule has 0 amide bonds. The second-order valence-electron chi connectivity index (χ2n) is 4.88. The number of benzene rings is 1. The van der Waals surface area contributed by atoms with Crippen molar-refractivity contribution in [3.05, 3.63) is 34.3 Å². The van der Waals surface area contributed by atoms with Crippen molar-refractivity contribution in [1.82, 2.24) is 5.32 Å².